The molecule has 0 spiro atoms. The van der Waals surface area contributed by atoms with Crippen molar-refractivity contribution in [3.8, 4) is 0 Å². The second-order valence-electron chi connectivity index (χ2n) is 5.80. The van der Waals surface area contributed by atoms with Crippen molar-refractivity contribution in [2.24, 2.45) is 5.92 Å². The summed E-state index contributed by atoms with van der Waals surface area (Å²) in [7, 11) is -3.42. The van der Waals surface area contributed by atoms with Gasteiger partial charge in [0.05, 0.1) is 4.90 Å². The van der Waals surface area contributed by atoms with Crippen LogP contribution in [0.2, 0.25) is 0 Å². The molecule has 0 saturated heterocycles. The first-order valence-corrected chi connectivity index (χ1v) is 9.36. The van der Waals surface area contributed by atoms with Crippen molar-refractivity contribution in [1.29, 1.82) is 0 Å². The molecule has 1 aliphatic rings. The van der Waals surface area contributed by atoms with Crippen LogP contribution < -0.4 is 10.0 Å². The number of hydrogen-bond acceptors (Lipinski definition) is 3. The molecule has 1 fully saturated rings. The maximum Gasteiger partial charge on any atom is 0.240 e. The van der Waals surface area contributed by atoms with Gasteiger partial charge >= 0.3 is 0 Å². The molecule has 1 aliphatic carbocycles. The second-order valence-corrected chi connectivity index (χ2v) is 7.53. The van der Waals surface area contributed by atoms with E-state index in [1.54, 1.807) is 12.1 Å². The summed E-state index contributed by atoms with van der Waals surface area (Å²) in [4.78, 5) is 0.407. The highest BCUT2D eigenvalue weighted by molar-refractivity contribution is 7.89. The van der Waals surface area contributed by atoms with Gasteiger partial charge in [0.2, 0.25) is 10.0 Å². The number of benzene rings is 1. The molecule has 0 aromatic heterocycles. The van der Waals surface area contributed by atoms with E-state index in [0.717, 1.165) is 18.4 Å². The van der Waals surface area contributed by atoms with Gasteiger partial charge in [-0.2, -0.15) is 0 Å². The van der Waals surface area contributed by atoms with Crippen molar-refractivity contribution in [2.45, 2.75) is 57.0 Å². The zero-order chi connectivity index (χ0) is 15.3. The van der Waals surface area contributed by atoms with Gasteiger partial charge in [0.1, 0.15) is 0 Å². The molecule has 0 bridgehead atoms. The van der Waals surface area contributed by atoms with Gasteiger partial charge in [0.25, 0.3) is 0 Å². The fourth-order valence-corrected chi connectivity index (χ4v) is 3.69. The molecule has 0 radical (unpaired) electrons. The van der Waals surface area contributed by atoms with Crippen LogP contribution in [-0.2, 0) is 16.6 Å². The summed E-state index contributed by atoms with van der Waals surface area (Å²) < 4.78 is 27.8. The van der Waals surface area contributed by atoms with Crippen LogP contribution in [-0.4, -0.2) is 21.0 Å². The van der Waals surface area contributed by atoms with Gasteiger partial charge in [-0.15, -0.1) is 0 Å². The van der Waals surface area contributed by atoms with E-state index in [1.165, 1.54) is 12.8 Å². The molecule has 1 aromatic carbocycles. The van der Waals surface area contributed by atoms with Gasteiger partial charge in [-0.1, -0.05) is 44.9 Å². The molecular weight excluding hydrogens is 284 g/mol. The molecule has 0 aliphatic heterocycles. The third-order valence-corrected chi connectivity index (χ3v) is 5.66. The van der Waals surface area contributed by atoms with Crippen LogP contribution in [0.5, 0.6) is 0 Å². The van der Waals surface area contributed by atoms with E-state index in [1.807, 2.05) is 12.1 Å². The van der Waals surface area contributed by atoms with Crippen LogP contribution in [0.3, 0.4) is 0 Å². The van der Waals surface area contributed by atoms with Crippen LogP contribution in [0.4, 0.5) is 0 Å². The lowest BCUT2D eigenvalue weighted by atomic mass is 10.0. The molecule has 0 heterocycles. The van der Waals surface area contributed by atoms with E-state index in [-0.39, 0.29) is 0 Å². The molecule has 2 rings (SSSR count). The third-order valence-electron chi connectivity index (χ3n) is 4.14. The van der Waals surface area contributed by atoms with Crippen LogP contribution in [0.1, 0.15) is 45.1 Å². The zero-order valence-electron chi connectivity index (χ0n) is 12.9. The van der Waals surface area contributed by atoms with Gasteiger partial charge in [-0.25, -0.2) is 13.1 Å². The largest absolute Gasteiger partial charge is 0.310 e. The van der Waals surface area contributed by atoms with Crippen LogP contribution in [0, 0.1) is 5.92 Å². The minimum Gasteiger partial charge on any atom is -0.310 e. The Balaban J connectivity index is 2.07. The summed E-state index contributed by atoms with van der Waals surface area (Å²) >= 11 is 0. The van der Waals surface area contributed by atoms with Gasteiger partial charge in [-0.3, -0.25) is 0 Å². The predicted molar refractivity (Wildman–Crippen MR) is 85.6 cm³/mol. The number of nitrogens with one attached hydrogen (secondary N) is 2. The third kappa shape index (κ3) is 4.80. The average Bonchev–Trinajstić information content (AvgIpc) is 3.30. The number of rotatable bonds is 9. The van der Waals surface area contributed by atoms with Crippen molar-refractivity contribution in [3.05, 3.63) is 29.8 Å². The van der Waals surface area contributed by atoms with Crippen LogP contribution in [0.25, 0.3) is 0 Å². The van der Waals surface area contributed by atoms with E-state index < -0.39 is 10.0 Å². The lowest BCUT2D eigenvalue weighted by Crippen LogP contribution is -2.30. The van der Waals surface area contributed by atoms with Gasteiger partial charge < -0.3 is 5.32 Å². The highest BCUT2D eigenvalue weighted by atomic mass is 32.2. The summed E-state index contributed by atoms with van der Waals surface area (Å²) in [5, 5.41) is 3.38. The minimum atomic E-state index is -3.42. The smallest absolute Gasteiger partial charge is 0.240 e. The summed E-state index contributed by atoms with van der Waals surface area (Å²) in [6.07, 6.45) is 4.37. The predicted octanol–water partition coefficient (Wildman–Crippen LogP) is 2.65. The SMILES string of the molecule is CCC(CC)CNS(=O)(=O)c1ccccc1CNC1CC1. The Bertz CT molecular complexity index is 549. The fraction of sp³-hybridized carbons (Fsp3) is 0.625. The van der Waals surface area contributed by atoms with E-state index in [4.69, 9.17) is 0 Å². The highest BCUT2D eigenvalue weighted by Gasteiger charge is 2.23. The Morgan fingerprint density at radius 1 is 1.19 bits per heavy atom. The number of hydrogen-bond donors (Lipinski definition) is 2. The van der Waals surface area contributed by atoms with Crippen LogP contribution >= 0.6 is 0 Å². The van der Waals surface area contributed by atoms with Crippen molar-refractivity contribution in [2.75, 3.05) is 6.54 Å². The standard InChI is InChI=1S/C16H26N2O2S/c1-3-13(4-2)11-18-21(19,20)16-8-6-5-7-14(16)12-17-15-9-10-15/h5-8,13,15,17-18H,3-4,9-12H2,1-2H3. The van der Waals surface area contributed by atoms with Crippen molar-refractivity contribution in [1.82, 2.24) is 10.0 Å². The zero-order valence-corrected chi connectivity index (χ0v) is 13.7. The minimum absolute atomic E-state index is 0.400. The van der Waals surface area contributed by atoms with E-state index in [2.05, 4.69) is 23.9 Å². The first-order chi connectivity index (χ1) is 10.1. The Hall–Kier alpha value is -0.910. The lowest BCUT2D eigenvalue weighted by molar-refractivity contribution is 0.478. The number of sulfonamides is 1. The Morgan fingerprint density at radius 3 is 2.48 bits per heavy atom. The summed E-state index contributed by atoms with van der Waals surface area (Å²) in [6.45, 7) is 5.32. The van der Waals surface area contributed by atoms with Crippen molar-refractivity contribution in [3.63, 3.8) is 0 Å². The maximum absolute atomic E-state index is 12.5. The molecule has 0 atom stereocenters. The lowest BCUT2D eigenvalue weighted by Gasteiger charge is -2.15. The summed E-state index contributed by atoms with van der Waals surface area (Å²) in [5.41, 5.74) is 0.849. The van der Waals surface area contributed by atoms with Crippen molar-refractivity contribution < 1.29 is 8.42 Å². The normalized spacial score (nSPS) is 15.6. The summed E-state index contributed by atoms with van der Waals surface area (Å²) in [5.74, 6) is 0.400. The quantitative estimate of drug-likeness (QED) is 0.737. The van der Waals surface area contributed by atoms with Crippen LogP contribution in [0.15, 0.2) is 29.2 Å². The molecule has 5 heteroatoms. The van der Waals surface area contributed by atoms with Gasteiger partial charge in [0, 0.05) is 19.1 Å². The molecule has 1 aromatic rings. The monoisotopic (exact) mass is 310 g/mol. The summed E-state index contributed by atoms with van der Waals surface area (Å²) in [6, 6.07) is 7.83. The topological polar surface area (TPSA) is 58.2 Å². The molecule has 4 nitrogen and oxygen atoms in total. The fourth-order valence-electron chi connectivity index (χ4n) is 2.34. The molecule has 0 unspecified atom stereocenters. The Morgan fingerprint density at radius 2 is 1.86 bits per heavy atom. The van der Waals surface area contributed by atoms with Gasteiger partial charge in [-0.05, 0) is 30.4 Å². The van der Waals surface area contributed by atoms with E-state index in [0.29, 0.717) is 29.9 Å². The van der Waals surface area contributed by atoms with Gasteiger partial charge in [0.15, 0.2) is 0 Å². The molecule has 2 N–H and O–H groups in total. The molecule has 21 heavy (non-hydrogen) atoms. The average molecular weight is 310 g/mol. The molecule has 0 amide bonds. The molecule has 1 saturated carbocycles. The maximum atomic E-state index is 12.5. The molecule has 118 valence electrons. The Kier molecular flexibility index (Phi) is 5.79. The van der Waals surface area contributed by atoms with E-state index >= 15 is 0 Å². The molecular formula is C16H26N2O2S. The van der Waals surface area contributed by atoms with Crippen molar-refractivity contribution >= 4 is 10.0 Å². The first-order valence-electron chi connectivity index (χ1n) is 7.87. The Labute approximate surface area is 128 Å². The van der Waals surface area contributed by atoms with E-state index in [9.17, 15) is 8.42 Å². The highest BCUT2D eigenvalue weighted by Crippen LogP contribution is 2.21. The first kappa shape index (κ1) is 16.5. The second kappa shape index (κ2) is 7.38.